The second kappa shape index (κ2) is 8.37. The molecule has 0 aromatic heterocycles. The third kappa shape index (κ3) is 4.11. The molecule has 4 nitrogen and oxygen atoms in total. The molecule has 4 aromatic carbocycles. The van der Waals surface area contributed by atoms with Gasteiger partial charge in [0.2, 0.25) is 9.84 Å². The van der Waals surface area contributed by atoms with Gasteiger partial charge in [-0.15, -0.1) is 0 Å². The van der Waals surface area contributed by atoms with Crippen LogP contribution in [0, 0.1) is 12.7 Å². The lowest BCUT2D eigenvalue weighted by molar-refractivity contribution is -0.136. The van der Waals surface area contributed by atoms with Crippen LogP contribution >= 0.6 is 11.6 Å². The van der Waals surface area contributed by atoms with E-state index in [4.69, 9.17) is 11.6 Å². The molecule has 0 saturated carbocycles. The normalized spacial score (nSPS) is 11.6. The van der Waals surface area contributed by atoms with Gasteiger partial charge in [0.25, 0.3) is 0 Å². The molecule has 7 heteroatoms. The van der Waals surface area contributed by atoms with Crippen LogP contribution in [0.2, 0.25) is 5.02 Å². The predicted octanol–water partition coefficient (Wildman–Crippen LogP) is 6.07. The molecule has 32 heavy (non-hydrogen) atoms. The summed E-state index contributed by atoms with van der Waals surface area (Å²) in [6.07, 6.45) is -0.173. The molecule has 0 atom stereocenters. The second-order valence-corrected chi connectivity index (χ2v) is 9.84. The first-order chi connectivity index (χ1) is 15.2. The highest BCUT2D eigenvalue weighted by molar-refractivity contribution is 7.91. The molecular formula is C25H18ClFO4S. The molecule has 0 unspecified atom stereocenters. The summed E-state index contributed by atoms with van der Waals surface area (Å²) >= 11 is 5.94. The van der Waals surface area contributed by atoms with E-state index in [1.165, 1.54) is 36.4 Å². The maximum atomic E-state index is 14.0. The summed E-state index contributed by atoms with van der Waals surface area (Å²) in [5.41, 5.74) is 2.65. The van der Waals surface area contributed by atoms with E-state index in [2.05, 4.69) is 0 Å². The smallest absolute Gasteiger partial charge is 0.307 e. The molecule has 0 amide bonds. The quantitative estimate of drug-likeness (QED) is 0.386. The van der Waals surface area contributed by atoms with E-state index >= 15 is 0 Å². The van der Waals surface area contributed by atoms with Crippen LogP contribution in [-0.2, 0) is 21.1 Å². The monoisotopic (exact) mass is 468 g/mol. The lowest BCUT2D eigenvalue weighted by Crippen LogP contribution is -2.04. The first-order valence-electron chi connectivity index (χ1n) is 9.71. The van der Waals surface area contributed by atoms with Crippen LogP contribution in [-0.4, -0.2) is 19.5 Å². The van der Waals surface area contributed by atoms with Crippen molar-refractivity contribution < 1.29 is 22.7 Å². The van der Waals surface area contributed by atoms with Gasteiger partial charge in [-0.25, -0.2) is 12.8 Å². The Morgan fingerprint density at radius 3 is 2.34 bits per heavy atom. The maximum absolute atomic E-state index is 14.0. The van der Waals surface area contributed by atoms with Crippen molar-refractivity contribution in [2.75, 3.05) is 0 Å². The Bertz CT molecular complexity index is 1460. The molecule has 0 aliphatic heterocycles. The lowest BCUT2D eigenvalue weighted by Gasteiger charge is -2.16. The average molecular weight is 469 g/mol. The van der Waals surface area contributed by atoms with Gasteiger partial charge in [0, 0.05) is 5.02 Å². The van der Waals surface area contributed by atoms with Crippen molar-refractivity contribution in [3.05, 3.63) is 94.8 Å². The molecule has 162 valence electrons. The SMILES string of the molecule is Cc1c(CC(=O)O)cc2ccc(F)cc2c1-c1ccc(S(=O)(=O)c2cccc(Cl)c2)cc1. The number of benzene rings is 4. The third-order valence-corrected chi connectivity index (χ3v) is 7.37. The number of rotatable bonds is 5. The Morgan fingerprint density at radius 2 is 1.69 bits per heavy atom. The van der Waals surface area contributed by atoms with Gasteiger partial charge < -0.3 is 5.11 Å². The van der Waals surface area contributed by atoms with Crippen molar-refractivity contribution in [2.45, 2.75) is 23.1 Å². The van der Waals surface area contributed by atoms with Gasteiger partial charge >= 0.3 is 5.97 Å². The molecule has 0 heterocycles. The molecule has 0 aliphatic rings. The van der Waals surface area contributed by atoms with Crippen molar-refractivity contribution in [3.63, 3.8) is 0 Å². The molecule has 0 spiro atoms. The van der Waals surface area contributed by atoms with Gasteiger partial charge in [-0.05, 0) is 82.4 Å². The minimum Gasteiger partial charge on any atom is -0.481 e. The Kier molecular flexibility index (Phi) is 5.75. The Hall–Kier alpha value is -3.22. The van der Waals surface area contributed by atoms with E-state index in [1.807, 2.05) is 0 Å². The van der Waals surface area contributed by atoms with E-state index < -0.39 is 21.6 Å². The summed E-state index contributed by atoms with van der Waals surface area (Å²) in [5, 5.41) is 10.9. The van der Waals surface area contributed by atoms with Gasteiger partial charge in [-0.3, -0.25) is 4.79 Å². The zero-order valence-electron chi connectivity index (χ0n) is 17.0. The van der Waals surface area contributed by atoms with Crippen LogP contribution in [0.5, 0.6) is 0 Å². The molecule has 4 rings (SSSR count). The number of sulfone groups is 1. The molecule has 0 radical (unpaired) electrons. The fraction of sp³-hybridized carbons (Fsp3) is 0.0800. The van der Waals surface area contributed by atoms with Crippen LogP contribution in [0.1, 0.15) is 11.1 Å². The van der Waals surface area contributed by atoms with Gasteiger partial charge in [-0.1, -0.05) is 41.9 Å². The number of carbonyl (C=O) groups is 1. The molecule has 0 saturated heterocycles. The highest BCUT2D eigenvalue weighted by Crippen LogP contribution is 2.36. The number of fused-ring (bicyclic) bond motifs is 1. The minimum absolute atomic E-state index is 0.0879. The first-order valence-corrected chi connectivity index (χ1v) is 11.6. The summed E-state index contributed by atoms with van der Waals surface area (Å²) < 4.78 is 40.0. The summed E-state index contributed by atoms with van der Waals surface area (Å²) in [7, 11) is -3.77. The maximum Gasteiger partial charge on any atom is 0.307 e. The number of hydrogen-bond acceptors (Lipinski definition) is 3. The van der Waals surface area contributed by atoms with Crippen molar-refractivity contribution >= 4 is 38.2 Å². The topological polar surface area (TPSA) is 71.4 Å². The Labute approximate surface area is 189 Å². The number of aliphatic carboxylic acids is 1. The third-order valence-electron chi connectivity index (χ3n) is 5.37. The van der Waals surface area contributed by atoms with Gasteiger partial charge in [-0.2, -0.15) is 0 Å². The van der Waals surface area contributed by atoms with Crippen LogP contribution in [0.4, 0.5) is 4.39 Å². The number of carboxylic acids is 1. The summed E-state index contributed by atoms with van der Waals surface area (Å²) in [6.45, 7) is 1.79. The molecule has 0 fully saturated rings. The van der Waals surface area contributed by atoms with E-state index in [9.17, 15) is 22.7 Å². The van der Waals surface area contributed by atoms with Gasteiger partial charge in [0.1, 0.15) is 5.82 Å². The van der Waals surface area contributed by atoms with Crippen LogP contribution < -0.4 is 0 Å². The average Bonchev–Trinajstić information content (AvgIpc) is 2.74. The fourth-order valence-electron chi connectivity index (χ4n) is 3.82. The summed E-state index contributed by atoms with van der Waals surface area (Å²) in [5.74, 6) is -1.38. The number of halogens is 2. The van der Waals surface area contributed by atoms with E-state index in [1.54, 1.807) is 43.3 Å². The predicted molar refractivity (Wildman–Crippen MR) is 122 cm³/mol. The highest BCUT2D eigenvalue weighted by atomic mass is 35.5. The lowest BCUT2D eigenvalue weighted by atomic mass is 9.89. The van der Waals surface area contributed by atoms with Gasteiger partial charge in [0.15, 0.2) is 0 Å². The fourth-order valence-corrected chi connectivity index (χ4v) is 5.38. The Morgan fingerprint density at radius 1 is 0.969 bits per heavy atom. The van der Waals surface area contributed by atoms with Gasteiger partial charge in [0.05, 0.1) is 16.2 Å². The first kappa shape index (κ1) is 22.0. The number of carboxylic acid groups (broad SMARTS) is 1. The minimum atomic E-state index is -3.77. The standard InChI is InChI=1S/C25H18ClFO4S/c1-15-18(12-24(28)29)11-17-5-8-20(27)14-23(17)25(15)16-6-9-21(10-7-16)32(30,31)22-4-2-3-19(26)13-22/h2-11,13-14H,12H2,1H3,(H,28,29). The van der Waals surface area contributed by atoms with Crippen molar-refractivity contribution in [1.29, 1.82) is 0 Å². The summed E-state index contributed by atoms with van der Waals surface area (Å²) in [6, 6.07) is 18.4. The zero-order valence-corrected chi connectivity index (χ0v) is 18.5. The molecule has 0 bridgehead atoms. The zero-order chi connectivity index (χ0) is 23.0. The molecular weight excluding hydrogens is 451 g/mol. The van der Waals surface area contributed by atoms with Crippen LogP contribution in [0.15, 0.2) is 82.6 Å². The van der Waals surface area contributed by atoms with E-state index in [0.29, 0.717) is 38.0 Å². The largest absolute Gasteiger partial charge is 0.481 e. The molecule has 1 N–H and O–H groups in total. The van der Waals surface area contributed by atoms with Crippen LogP contribution in [0.3, 0.4) is 0 Å². The Balaban J connectivity index is 1.87. The molecule has 0 aliphatic carbocycles. The van der Waals surface area contributed by atoms with Crippen LogP contribution in [0.25, 0.3) is 21.9 Å². The second-order valence-electron chi connectivity index (χ2n) is 7.46. The molecule has 4 aromatic rings. The van der Waals surface area contributed by atoms with E-state index in [-0.39, 0.29) is 16.2 Å². The van der Waals surface area contributed by atoms with Crippen molar-refractivity contribution in [2.24, 2.45) is 0 Å². The van der Waals surface area contributed by atoms with Crippen molar-refractivity contribution in [1.82, 2.24) is 0 Å². The summed E-state index contributed by atoms with van der Waals surface area (Å²) in [4.78, 5) is 11.5. The number of hydrogen-bond donors (Lipinski definition) is 1. The van der Waals surface area contributed by atoms with Crippen molar-refractivity contribution in [3.8, 4) is 11.1 Å². The highest BCUT2D eigenvalue weighted by Gasteiger charge is 2.19. The van der Waals surface area contributed by atoms with E-state index in [0.717, 1.165) is 0 Å².